The third kappa shape index (κ3) is 4.28. The molecule has 3 heteroatoms. The lowest BCUT2D eigenvalue weighted by atomic mass is 10.2. The zero-order valence-electron chi connectivity index (χ0n) is 9.61. The van der Waals surface area contributed by atoms with E-state index in [0.717, 1.165) is 6.42 Å². The van der Waals surface area contributed by atoms with Crippen LogP contribution < -0.4 is 4.74 Å². The molecule has 0 bridgehead atoms. The van der Waals surface area contributed by atoms with E-state index in [0.29, 0.717) is 18.0 Å². The maximum Gasteiger partial charge on any atom is 0.240 e. The molecule has 0 amide bonds. The van der Waals surface area contributed by atoms with Gasteiger partial charge in [-0.15, -0.1) is 0 Å². The van der Waals surface area contributed by atoms with E-state index in [-0.39, 0.29) is 0 Å². The number of para-hydroxylation sites is 2. The second kappa shape index (κ2) is 7.66. The predicted molar refractivity (Wildman–Crippen MR) is 63.9 cm³/mol. The average Bonchev–Trinajstić information content (AvgIpc) is 2.31. The van der Waals surface area contributed by atoms with E-state index in [2.05, 4.69) is 11.9 Å². The Morgan fingerprint density at radius 2 is 2.06 bits per heavy atom. The predicted octanol–water partition coefficient (Wildman–Crippen LogP) is 3.61. The Balaban J connectivity index is 2.43. The molecular formula is C13H17NO2. The van der Waals surface area contributed by atoms with Gasteiger partial charge in [0.05, 0.1) is 6.61 Å². The van der Waals surface area contributed by atoms with Crippen LogP contribution >= 0.6 is 0 Å². The molecule has 3 nitrogen and oxygen atoms in total. The van der Waals surface area contributed by atoms with Gasteiger partial charge in [-0.2, -0.15) is 4.99 Å². The van der Waals surface area contributed by atoms with E-state index in [1.165, 1.54) is 25.3 Å². The molecule has 0 N–H and O–H groups in total. The zero-order chi connectivity index (χ0) is 11.6. The third-order valence-corrected chi connectivity index (χ3v) is 2.29. The number of hydrogen-bond donors (Lipinski definition) is 0. The molecule has 1 aromatic carbocycles. The van der Waals surface area contributed by atoms with E-state index in [1.54, 1.807) is 6.07 Å². The largest absolute Gasteiger partial charge is 0.491 e. The monoisotopic (exact) mass is 219 g/mol. The van der Waals surface area contributed by atoms with Crippen LogP contribution in [-0.4, -0.2) is 12.7 Å². The van der Waals surface area contributed by atoms with Gasteiger partial charge in [-0.1, -0.05) is 38.3 Å². The van der Waals surface area contributed by atoms with Crippen LogP contribution in [0.5, 0.6) is 5.75 Å². The van der Waals surface area contributed by atoms with Crippen molar-refractivity contribution in [3.05, 3.63) is 24.3 Å². The summed E-state index contributed by atoms with van der Waals surface area (Å²) in [4.78, 5) is 13.8. The lowest BCUT2D eigenvalue weighted by Crippen LogP contribution is -1.97. The van der Waals surface area contributed by atoms with E-state index >= 15 is 0 Å². The Hall–Kier alpha value is -1.60. The summed E-state index contributed by atoms with van der Waals surface area (Å²) >= 11 is 0. The molecule has 0 radical (unpaired) electrons. The summed E-state index contributed by atoms with van der Waals surface area (Å²) in [5, 5.41) is 0. The minimum atomic E-state index is 0.549. The Kier molecular flexibility index (Phi) is 5.97. The molecular weight excluding hydrogens is 202 g/mol. The highest BCUT2D eigenvalue weighted by atomic mass is 16.5. The van der Waals surface area contributed by atoms with Crippen LogP contribution in [0.15, 0.2) is 29.3 Å². The normalized spacial score (nSPS) is 9.56. The second-order valence-corrected chi connectivity index (χ2v) is 3.58. The molecule has 0 aliphatic carbocycles. The van der Waals surface area contributed by atoms with E-state index in [9.17, 15) is 4.79 Å². The zero-order valence-corrected chi connectivity index (χ0v) is 9.61. The molecule has 0 saturated heterocycles. The summed E-state index contributed by atoms with van der Waals surface area (Å²) < 4.78 is 5.56. The number of isocyanates is 1. The number of ether oxygens (including phenoxy) is 1. The highest BCUT2D eigenvalue weighted by Crippen LogP contribution is 2.26. The van der Waals surface area contributed by atoms with E-state index in [1.807, 2.05) is 18.2 Å². The molecule has 0 aliphatic rings. The summed E-state index contributed by atoms with van der Waals surface area (Å²) in [7, 11) is 0. The highest BCUT2D eigenvalue weighted by Gasteiger charge is 2.00. The van der Waals surface area contributed by atoms with Crippen molar-refractivity contribution >= 4 is 11.8 Å². The van der Waals surface area contributed by atoms with Gasteiger partial charge in [0.2, 0.25) is 6.08 Å². The quantitative estimate of drug-likeness (QED) is 0.399. The summed E-state index contributed by atoms with van der Waals surface area (Å²) in [5.41, 5.74) is 0.549. The topological polar surface area (TPSA) is 38.7 Å². The van der Waals surface area contributed by atoms with Crippen molar-refractivity contribution in [1.29, 1.82) is 0 Å². The number of benzene rings is 1. The molecule has 0 aromatic heterocycles. The standard InChI is InChI=1S/C13H17NO2/c1-2-3-4-7-10-16-13-9-6-5-8-12(13)14-11-15/h5-6,8-9H,2-4,7,10H2,1H3. The number of carbonyl (C=O) groups excluding carboxylic acids is 1. The molecule has 0 aliphatic heterocycles. The van der Waals surface area contributed by atoms with Crippen LogP contribution in [0.2, 0.25) is 0 Å². The molecule has 86 valence electrons. The van der Waals surface area contributed by atoms with Crippen molar-refractivity contribution in [1.82, 2.24) is 0 Å². The maximum absolute atomic E-state index is 10.2. The molecule has 16 heavy (non-hydrogen) atoms. The fraction of sp³-hybridized carbons (Fsp3) is 0.462. The SMILES string of the molecule is CCCCCCOc1ccccc1N=C=O. The molecule has 0 saturated carbocycles. The molecule has 0 heterocycles. The average molecular weight is 219 g/mol. The number of aliphatic imine (C=N–C) groups is 1. The van der Waals surface area contributed by atoms with Crippen LogP contribution in [0.3, 0.4) is 0 Å². The Morgan fingerprint density at radius 3 is 2.81 bits per heavy atom. The summed E-state index contributed by atoms with van der Waals surface area (Å²) in [5.74, 6) is 0.655. The number of nitrogens with zero attached hydrogens (tertiary/aromatic N) is 1. The lowest BCUT2D eigenvalue weighted by Gasteiger charge is -2.07. The number of hydrogen-bond acceptors (Lipinski definition) is 3. The second-order valence-electron chi connectivity index (χ2n) is 3.58. The van der Waals surface area contributed by atoms with Crippen LogP contribution in [0.25, 0.3) is 0 Å². The van der Waals surface area contributed by atoms with Gasteiger partial charge in [0, 0.05) is 0 Å². The van der Waals surface area contributed by atoms with Gasteiger partial charge in [0.15, 0.2) is 0 Å². The van der Waals surface area contributed by atoms with E-state index in [4.69, 9.17) is 4.74 Å². The van der Waals surface area contributed by atoms with Crippen molar-refractivity contribution in [2.75, 3.05) is 6.61 Å². The van der Waals surface area contributed by atoms with E-state index < -0.39 is 0 Å². The minimum absolute atomic E-state index is 0.549. The summed E-state index contributed by atoms with van der Waals surface area (Å²) in [6, 6.07) is 7.24. The minimum Gasteiger partial charge on any atom is -0.491 e. The lowest BCUT2D eigenvalue weighted by molar-refractivity contribution is 0.306. The Labute approximate surface area is 96.2 Å². The first kappa shape index (κ1) is 12.5. The van der Waals surface area contributed by atoms with Crippen molar-refractivity contribution in [3.63, 3.8) is 0 Å². The summed E-state index contributed by atoms with van der Waals surface area (Å²) in [6.45, 7) is 2.85. The fourth-order valence-corrected chi connectivity index (χ4v) is 1.43. The molecule has 0 unspecified atom stereocenters. The maximum atomic E-state index is 10.2. The Morgan fingerprint density at radius 1 is 1.25 bits per heavy atom. The summed E-state index contributed by atoms with van der Waals surface area (Å²) in [6.07, 6.45) is 6.19. The van der Waals surface area contributed by atoms with Gasteiger partial charge >= 0.3 is 0 Å². The molecule has 0 fully saturated rings. The third-order valence-electron chi connectivity index (χ3n) is 2.29. The van der Waals surface area contributed by atoms with Gasteiger partial charge in [-0.3, -0.25) is 0 Å². The van der Waals surface area contributed by atoms with Gasteiger partial charge in [-0.05, 0) is 18.6 Å². The van der Waals surface area contributed by atoms with Crippen LogP contribution in [0.4, 0.5) is 5.69 Å². The van der Waals surface area contributed by atoms with Gasteiger partial charge < -0.3 is 4.74 Å². The van der Waals surface area contributed by atoms with Crippen molar-refractivity contribution in [3.8, 4) is 5.75 Å². The molecule has 0 spiro atoms. The first-order valence-electron chi connectivity index (χ1n) is 5.68. The number of unbranched alkanes of at least 4 members (excludes halogenated alkanes) is 3. The Bertz CT molecular complexity index is 357. The van der Waals surface area contributed by atoms with Crippen molar-refractivity contribution < 1.29 is 9.53 Å². The number of rotatable bonds is 7. The smallest absolute Gasteiger partial charge is 0.240 e. The first-order valence-corrected chi connectivity index (χ1v) is 5.68. The first-order chi connectivity index (χ1) is 7.88. The highest BCUT2D eigenvalue weighted by molar-refractivity contribution is 5.57. The molecule has 1 rings (SSSR count). The van der Waals surface area contributed by atoms with Crippen LogP contribution in [-0.2, 0) is 4.79 Å². The van der Waals surface area contributed by atoms with Crippen molar-refractivity contribution in [2.24, 2.45) is 4.99 Å². The fourth-order valence-electron chi connectivity index (χ4n) is 1.43. The van der Waals surface area contributed by atoms with Gasteiger partial charge in [0.25, 0.3) is 0 Å². The van der Waals surface area contributed by atoms with Gasteiger partial charge in [0.1, 0.15) is 11.4 Å². The van der Waals surface area contributed by atoms with Crippen LogP contribution in [0.1, 0.15) is 32.6 Å². The van der Waals surface area contributed by atoms with Crippen molar-refractivity contribution in [2.45, 2.75) is 32.6 Å². The van der Waals surface area contributed by atoms with Gasteiger partial charge in [-0.25, -0.2) is 4.79 Å². The molecule has 0 atom stereocenters. The van der Waals surface area contributed by atoms with Crippen LogP contribution in [0, 0.1) is 0 Å². The molecule has 1 aromatic rings.